The van der Waals surface area contributed by atoms with Gasteiger partial charge in [0.1, 0.15) is 10.6 Å². The van der Waals surface area contributed by atoms with E-state index in [-0.39, 0.29) is 22.1 Å². The van der Waals surface area contributed by atoms with E-state index in [4.69, 9.17) is 10.3 Å². The molecular weight excluding hydrogens is 490 g/mol. The van der Waals surface area contributed by atoms with E-state index in [0.29, 0.717) is 0 Å². The number of phenols is 1. The highest BCUT2D eigenvalue weighted by atomic mass is 32.2. The van der Waals surface area contributed by atoms with Gasteiger partial charge in [0.25, 0.3) is 30.4 Å². The summed E-state index contributed by atoms with van der Waals surface area (Å²) in [5.74, 6) is -0.868. The summed E-state index contributed by atoms with van der Waals surface area (Å²) >= 11 is 0. The Hall–Kier alpha value is -3.15. The first-order chi connectivity index (χ1) is 14.6. The van der Waals surface area contributed by atoms with Crippen molar-refractivity contribution in [2.75, 3.05) is 5.73 Å². The molecule has 13 nitrogen and oxygen atoms in total. The Morgan fingerprint density at radius 3 is 1.78 bits per heavy atom. The maximum atomic E-state index is 11.8. The number of nitrogens with two attached hydrogens (primary N) is 1. The predicted octanol–water partition coefficient (Wildman–Crippen LogP) is 2.28. The highest BCUT2D eigenvalue weighted by molar-refractivity contribution is 7.86. The highest BCUT2D eigenvalue weighted by Crippen LogP contribution is 2.44. The third-order valence-corrected chi connectivity index (χ3v) is 6.70. The summed E-state index contributed by atoms with van der Waals surface area (Å²) in [5, 5.41) is 17.3. The van der Waals surface area contributed by atoms with E-state index in [2.05, 4.69) is 10.2 Å². The van der Waals surface area contributed by atoms with Gasteiger partial charge in [-0.3, -0.25) is 13.7 Å². The number of hydrogen-bond acceptors (Lipinski definition) is 10. The summed E-state index contributed by atoms with van der Waals surface area (Å²) in [6.07, 6.45) is 0. The lowest BCUT2D eigenvalue weighted by molar-refractivity contribution is 0.472. The zero-order valence-electron chi connectivity index (χ0n) is 15.5. The van der Waals surface area contributed by atoms with E-state index < -0.39 is 56.5 Å². The first-order valence-electron chi connectivity index (χ1n) is 8.12. The number of aromatic hydroxyl groups is 1. The molecule has 0 aliphatic heterocycles. The van der Waals surface area contributed by atoms with Gasteiger partial charge in [-0.05, 0) is 47.9 Å². The van der Waals surface area contributed by atoms with Crippen molar-refractivity contribution in [1.82, 2.24) is 0 Å². The number of rotatable bonds is 5. The van der Waals surface area contributed by atoms with Crippen molar-refractivity contribution in [3.8, 4) is 5.75 Å². The SMILES string of the molecule is Nc1cc(S(=O)(=O)O)cc2cc(S(=O)(=O)O)c(N=Nc3ccc(S(=O)(=O)O)cc3)c(O)c12. The van der Waals surface area contributed by atoms with Crippen LogP contribution < -0.4 is 5.73 Å². The molecule has 6 N–H and O–H groups in total. The normalized spacial score (nSPS) is 13.1. The van der Waals surface area contributed by atoms with Crippen molar-refractivity contribution in [2.24, 2.45) is 10.2 Å². The van der Waals surface area contributed by atoms with Gasteiger partial charge < -0.3 is 10.8 Å². The van der Waals surface area contributed by atoms with Gasteiger partial charge in [-0.15, -0.1) is 5.11 Å². The van der Waals surface area contributed by atoms with Crippen LogP contribution in [0.15, 0.2) is 67.4 Å². The van der Waals surface area contributed by atoms with E-state index >= 15 is 0 Å². The average molecular weight is 503 g/mol. The van der Waals surface area contributed by atoms with Gasteiger partial charge >= 0.3 is 0 Å². The fourth-order valence-electron chi connectivity index (χ4n) is 2.73. The quantitative estimate of drug-likeness (QED) is 0.192. The third-order valence-electron chi connectivity index (χ3n) is 4.13. The Morgan fingerprint density at radius 2 is 1.28 bits per heavy atom. The number of fused-ring (bicyclic) bond motifs is 1. The van der Waals surface area contributed by atoms with Crippen molar-refractivity contribution < 1.29 is 44.0 Å². The molecule has 0 aliphatic rings. The lowest BCUT2D eigenvalue weighted by Gasteiger charge is -2.11. The van der Waals surface area contributed by atoms with E-state index in [0.717, 1.165) is 42.5 Å². The summed E-state index contributed by atoms with van der Waals surface area (Å²) < 4.78 is 96.3. The number of nitrogen functional groups attached to an aromatic ring is 1. The van der Waals surface area contributed by atoms with Gasteiger partial charge in [-0.1, -0.05) is 0 Å². The molecule has 3 rings (SSSR count). The molecule has 0 spiro atoms. The number of phenolic OH excluding ortho intramolecular Hbond substituents is 1. The van der Waals surface area contributed by atoms with Crippen LogP contribution in [0.4, 0.5) is 17.1 Å². The first kappa shape index (κ1) is 23.5. The Kier molecular flexibility index (Phi) is 5.71. The van der Waals surface area contributed by atoms with E-state index in [9.17, 15) is 39.5 Å². The van der Waals surface area contributed by atoms with E-state index in [1.54, 1.807) is 0 Å². The molecule has 0 aromatic heterocycles. The molecule has 0 atom stereocenters. The summed E-state index contributed by atoms with van der Waals surface area (Å²) in [7, 11) is -14.2. The van der Waals surface area contributed by atoms with Crippen LogP contribution in [-0.4, -0.2) is 44.0 Å². The van der Waals surface area contributed by atoms with Crippen LogP contribution in [0.3, 0.4) is 0 Å². The topological polar surface area (TPSA) is 234 Å². The minimum absolute atomic E-state index is 0.0205. The Balaban J connectivity index is 2.25. The first-order valence-corrected chi connectivity index (χ1v) is 12.4. The molecule has 3 aromatic carbocycles. The summed E-state index contributed by atoms with van der Waals surface area (Å²) in [6.45, 7) is 0. The van der Waals surface area contributed by atoms with Gasteiger partial charge in [-0.25, -0.2) is 0 Å². The zero-order chi connectivity index (χ0) is 24.1. The molecule has 0 saturated heterocycles. The molecule has 0 fully saturated rings. The van der Waals surface area contributed by atoms with Crippen LogP contribution in [-0.2, 0) is 30.4 Å². The fourth-order valence-corrected chi connectivity index (χ4v) is 4.42. The maximum absolute atomic E-state index is 11.8. The molecule has 170 valence electrons. The van der Waals surface area contributed by atoms with Crippen LogP contribution in [0.1, 0.15) is 0 Å². The van der Waals surface area contributed by atoms with Crippen LogP contribution in [0.5, 0.6) is 5.75 Å². The molecule has 32 heavy (non-hydrogen) atoms. The van der Waals surface area contributed by atoms with Crippen LogP contribution in [0, 0.1) is 0 Å². The Bertz CT molecular complexity index is 1600. The molecule has 16 heteroatoms. The van der Waals surface area contributed by atoms with E-state index in [1.807, 2.05) is 0 Å². The lowest BCUT2D eigenvalue weighted by atomic mass is 10.1. The van der Waals surface area contributed by atoms with E-state index in [1.165, 1.54) is 0 Å². The number of azo groups is 1. The fraction of sp³-hybridized carbons (Fsp3) is 0. The monoisotopic (exact) mass is 503 g/mol. The molecule has 0 heterocycles. The Labute approximate surface area is 181 Å². The number of anilines is 1. The van der Waals surface area contributed by atoms with Gasteiger partial charge in [-0.2, -0.15) is 30.4 Å². The van der Waals surface area contributed by atoms with Gasteiger partial charge in [0, 0.05) is 11.1 Å². The number of benzene rings is 3. The molecule has 0 unspecified atom stereocenters. The van der Waals surface area contributed by atoms with Crippen molar-refractivity contribution in [3.05, 3.63) is 42.5 Å². The van der Waals surface area contributed by atoms with Gasteiger partial charge in [0.15, 0.2) is 5.75 Å². The standard InChI is InChI=1S/C16H13N3O10S3/c17-12-7-11(31(24,25)26)5-8-6-13(32(27,28)29)15(16(20)14(8)12)19-18-9-1-3-10(4-2-9)30(21,22)23/h1-7,20H,17H2,(H,21,22,23)(H,24,25,26)(H,27,28,29). The number of nitrogens with zero attached hydrogens (tertiary/aromatic N) is 2. The van der Waals surface area contributed by atoms with Crippen molar-refractivity contribution in [3.63, 3.8) is 0 Å². The smallest absolute Gasteiger partial charge is 0.296 e. The largest absolute Gasteiger partial charge is 0.505 e. The van der Waals surface area contributed by atoms with Crippen molar-refractivity contribution >= 4 is 58.2 Å². The lowest BCUT2D eigenvalue weighted by Crippen LogP contribution is -2.02. The average Bonchev–Trinajstić information content (AvgIpc) is 2.64. The minimum Gasteiger partial charge on any atom is -0.505 e. The molecular formula is C16H13N3O10S3. The molecule has 0 radical (unpaired) electrons. The van der Waals surface area contributed by atoms with Crippen molar-refractivity contribution in [1.29, 1.82) is 0 Å². The highest BCUT2D eigenvalue weighted by Gasteiger charge is 2.24. The van der Waals surface area contributed by atoms with Crippen LogP contribution >= 0.6 is 0 Å². The summed E-state index contributed by atoms with van der Waals surface area (Å²) in [6, 6.07) is 6.62. The second-order valence-corrected chi connectivity index (χ2v) is 10.5. The number of hydrogen-bond donors (Lipinski definition) is 5. The van der Waals surface area contributed by atoms with Gasteiger partial charge in [0.2, 0.25) is 0 Å². The Morgan fingerprint density at radius 1 is 0.719 bits per heavy atom. The molecule has 3 aromatic rings. The third kappa shape index (κ3) is 4.69. The van der Waals surface area contributed by atoms with Crippen molar-refractivity contribution in [2.45, 2.75) is 14.7 Å². The van der Waals surface area contributed by atoms with Crippen LogP contribution in [0.25, 0.3) is 10.8 Å². The summed E-state index contributed by atoms with van der Waals surface area (Å²) in [4.78, 5) is -2.07. The second-order valence-electron chi connectivity index (χ2n) is 6.30. The molecule has 0 aliphatic carbocycles. The summed E-state index contributed by atoms with van der Waals surface area (Å²) in [5.41, 5.74) is 4.62. The molecule has 0 amide bonds. The second kappa shape index (κ2) is 7.76. The zero-order valence-corrected chi connectivity index (χ0v) is 17.9. The molecule has 0 bridgehead atoms. The van der Waals surface area contributed by atoms with Gasteiger partial charge in [0.05, 0.1) is 15.5 Å². The maximum Gasteiger partial charge on any atom is 0.296 e. The molecule has 0 saturated carbocycles. The minimum atomic E-state index is -5.02. The van der Waals surface area contributed by atoms with Crippen LogP contribution in [0.2, 0.25) is 0 Å². The predicted molar refractivity (Wildman–Crippen MR) is 110 cm³/mol.